The van der Waals surface area contributed by atoms with Crippen LogP contribution in [-0.4, -0.2) is 49.9 Å². The van der Waals surface area contributed by atoms with Crippen molar-refractivity contribution in [2.45, 2.75) is 64.1 Å². The number of nitrogens with zero attached hydrogens (tertiary/aromatic N) is 2. The van der Waals surface area contributed by atoms with Gasteiger partial charge in [0.15, 0.2) is 0 Å². The molecule has 0 bridgehead atoms. The molecule has 1 atom stereocenters. The molecule has 2 amide bonds. The van der Waals surface area contributed by atoms with Crippen LogP contribution in [0.3, 0.4) is 0 Å². The van der Waals surface area contributed by atoms with Crippen LogP contribution in [0, 0.1) is 5.82 Å². The molecule has 0 aromatic heterocycles. The average molecular weight is 584 g/mol. The van der Waals surface area contributed by atoms with Crippen molar-refractivity contribution in [3.05, 3.63) is 90.2 Å². The van der Waals surface area contributed by atoms with Crippen LogP contribution in [0.25, 0.3) is 0 Å². The molecule has 41 heavy (non-hydrogen) atoms. The summed E-state index contributed by atoms with van der Waals surface area (Å²) in [6, 6.07) is 19.0. The topological polar surface area (TPSA) is 96.0 Å². The Bertz CT molecular complexity index is 1410. The first kappa shape index (κ1) is 31.6. The first-order chi connectivity index (χ1) is 19.4. The lowest BCUT2D eigenvalue weighted by Gasteiger charge is -2.34. The molecule has 8 nitrogen and oxygen atoms in total. The Kier molecular flexibility index (Phi) is 10.5. The molecular weight excluding hydrogens is 545 g/mol. The Labute approximate surface area is 242 Å². The minimum Gasteiger partial charge on any atom is -0.494 e. The summed E-state index contributed by atoms with van der Waals surface area (Å²) in [5, 5.41) is 2.92. The van der Waals surface area contributed by atoms with Gasteiger partial charge in [0.1, 0.15) is 24.2 Å². The molecule has 0 heterocycles. The Hall–Kier alpha value is -3.92. The van der Waals surface area contributed by atoms with Crippen molar-refractivity contribution in [2.24, 2.45) is 0 Å². The molecular formula is C31H38FN3O5S. The number of carbonyl (C=O) groups is 2. The number of halogens is 1. The van der Waals surface area contributed by atoms with Gasteiger partial charge in [-0.05, 0) is 88.2 Å². The number of hydrogen-bond donors (Lipinski definition) is 1. The van der Waals surface area contributed by atoms with E-state index in [1.54, 1.807) is 49.4 Å². The van der Waals surface area contributed by atoms with E-state index in [9.17, 15) is 22.4 Å². The summed E-state index contributed by atoms with van der Waals surface area (Å²) >= 11 is 0. The van der Waals surface area contributed by atoms with Crippen LogP contribution in [0.1, 0.15) is 46.6 Å². The largest absolute Gasteiger partial charge is 0.494 e. The highest BCUT2D eigenvalue weighted by Gasteiger charge is 2.34. The molecule has 0 aliphatic carbocycles. The lowest BCUT2D eigenvalue weighted by atomic mass is 10.1. The maximum Gasteiger partial charge on any atom is 0.264 e. The summed E-state index contributed by atoms with van der Waals surface area (Å²) < 4.78 is 47.9. The highest BCUT2D eigenvalue weighted by Crippen LogP contribution is 2.27. The number of sulfonamides is 1. The molecule has 3 rings (SSSR count). The van der Waals surface area contributed by atoms with Gasteiger partial charge >= 0.3 is 0 Å². The molecule has 0 saturated carbocycles. The molecule has 0 fully saturated rings. The Balaban J connectivity index is 2.05. The van der Waals surface area contributed by atoms with Crippen molar-refractivity contribution in [3.8, 4) is 5.75 Å². The third-order valence-corrected chi connectivity index (χ3v) is 7.98. The average Bonchev–Trinajstić information content (AvgIpc) is 2.92. The van der Waals surface area contributed by atoms with Gasteiger partial charge in [-0.25, -0.2) is 12.8 Å². The monoisotopic (exact) mass is 583 g/mol. The van der Waals surface area contributed by atoms with E-state index in [1.807, 2.05) is 27.7 Å². The van der Waals surface area contributed by atoms with Crippen molar-refractivity contribution < 1.29 is 27.1 Å². The van der Waals surface area contributed by atoms with Gasteiger partial charge < -0.3 is 15.0 Å². The normalized spacial score (nSPS) is 12.3. The summed E-state index contributed by atoms with van der Waals surface area (Å²) in [6.07, 6.45) is 0.281. The van der Waals surface area contributed by atoms with Crippen molar-refractivity contribution in [1.29, 1.82) is 0 Å². The Morgan fingerprint density at radius 2 is 1.54 bits per heavy atom. The molecule has 0 radical (unpaired) electrons. The first-order valence-corrected chi connectivity index (χ1v) is 15.0. The minimum atomic E-state index is -4.17. The summed E-state index contributed by atoms with van der Waals surface area (Å²) in [6.45, 7) is 9.00. The molecule has 0 spiro atoms. The van der Waals surface area contributed by atoms with Crippen molar-refractivity contribution in [2.75, 3.05) is 17.5 Å². The predicted molar refractivity (Wildman–Crippen MR) is 158 cm³/mol. The van der Waals surface area contributed by atoms with Gasteiger partial charge in [0.2, 0.25) is 11.8 Å². The van der Waals surface area contributed by atoms with Crippen LogP contribution in [-0.2, 0) is 26.2 Å². The number of benzene rings is 3. The third kappa shape index (κ3) is 8.53. The maximum atomic E-state index is 14.1. The van der Waals surface area contributed by atoms with Crippen molar-refractivity contribution in [1.82, 2.24) is 10.2 Å². The quantitative estimate of drug-likeness (QED) is 0.319. The predicted octanol–water partition coefficient (Wildman–Crippen LogP) is 5.14. The SMILES string of the molecule is CCOc1ccc(N(CC(=O)N(Cc2ccc(F)cc2)C(CC)C(=O)NC(C)(C)C)S(=O)(=O)c2ccccc2)cc1. The van der Waals surface area contributed by atoms with E-state index in [4.69, 9.17) is 4.74 Å². The fourth-order valence-electron chi connectivity index (χ4n) is 4.28. The zero-order valence-electron chi connectivity index (χ0n) is 24.1. The molecule has 3 aromatic rings. The highest BCUT2D eigenvalue weighted by molar-refractivity contribution is 7.92. The van der Waals surface area contributed by atoms with E-state index >= 15 is 0 Å². The van der Waals surface area contributed by atoms with Gasteiger partial charge in [0, 0.05) is 12.1 Å². The van der Waals surface area contributed by atoms with Crippen LogP contribution >= 0.6 is 0 Å². The second-order valence-electron chi connectivity index (χ2n) is 10.6. The van der Waals surface area contributed by atoms with Crippen molar-refractivity contribution >= 4 is 27.5 Å². The molecule has 3 aromatic carbocycles. The van der Waals surface area contributed by atoms with Gasteiger partial charge in [0.05, 0.1) is 17.2 Å². The van der Waals surface area contributed by atoms with E-state index in [0.29, 0.717) is 17.9 Å². The zero-order valence-corrected chi connectivity index (χ0v) is 24.9. The molecule has 1 unspecified atom stereocenters. The number of nitrogens with one attached hydrogen (secondary N) is 1. The number of anilines is 1. The van der Waals surface area contributed by atoms with Gasteiger partial charge in [-0.2, -0.15) is 0 Å². The minimum absolute atomic E-state index is 0.0162. The standard InChI is InChI=1S/C31H38FN3O5S/c1-6-28(30(37)33-31(3,4)5)34(21-23-13-15-24(32)16-14-23)29(36)22-35(25-17-19-26(20-18-25)40-7-2)41(38,39)27-11-9-8-10-12-27/h8-20,28H,6-7,21-22H2,1-5H3,(H,33,37). The number of ether oxygens (including phenoxy) is 1. The second-order valence-corrected chi connectivity index (χ2v) is 12.4. The lowest BCUT2D eigenvalue weighted by Crippen LogP contribution is -2.55. The van der Waals surface area contributed by atoms with Crippen LogP contribution in [0.15, 0.2) is 83.8 Å². The summed E-state index contributed by atoms with van der Waals surface area (Å²) in [7, 11) is -4.17. The number of rotatable bonds is 12. The number of hydrogen-bond acceptors (Lipinski definition) is 5. The summed E-state index contributed by atoms with van der Waals surface area (Å²) in [4.78, 5) is 28.8. The zero-order chi connectivity index (χ0) is 30.2. The molecule has 1 N–H and O–H groups in total. The van der Waals surface area contributed by atoms with Gasteiger partial charge in [-0.15, -0.1) is 0 Å². The van der Waals surface area contributed by atoms with Gasteiger partial charge in [0.25, 0.3) is 10.0 Å². The smallest absolute Gasteiger partial charge is 0.264 e. The van der Waals surface area contributed by atoms with Crippen molar-refractivity contribution in [3.63, 3.8) is 0 Å². The Morgan fingerprint density at radius 3 is 2.07 bits per heavy atom. The van der Waals surface area contributed by atoms with E-state index in [1.165, 1.54) is 41.3 Å². The molecule has 0 aliphatic rings. The molecule has 0 aliphatic heterocycles. The van der Waals surface area contributed by atoms with Crippen LogP contribution in [0.5, 0.6) is 5.75 Å². The lowest BCUT2D eigenvalue weighted by molar-refractivity contribution is -0.141. The van der Waals surface area contributed by atoms with Gasteiger partial charge in [-0.3, -0.25) is 13.9 Å². The van der Waals surface area contributed by atoms with Crippen LogP contribution in [0.2, 0.25) is 0 Å². The van der Waals surface area contributed by atoms with E-state index in [-0.39, 0.29) is 29.5 Å². The van der Waals surface area contributed by atoms with E-state index < -0.39 is 39.9 Å². The first-order valence-electron chi connectivity index (χ1n) is 13.5. The summed E-state index contributed by atoms with van der Waals surface area (Å²) in [5.74, 6) is -0.824. The molecule has 0 saturated heterocycles. The fraction of sp³-hybridized carbons (Fsp3) is 0.355. The molecule has 10 heteroatoms. The fourth-order valence-corrected chi connectivity index (χ4v) is 5.72. The Morgan fingerprint density at radius 1 is 0.927 bits per heavy atom. The second kappa shape index (κ2) is 13.6. The highest BCUT2D eigenvalue weighted by atomic mass is 32.2. The number of amides is 2. The van der Waals surface area contributed by atoms with Crippen LogP contribution < -0.4 is 14.4 Å². The van der Waals surface area contributed by atoms with Crippen LogP contribution in [0.4, 0.5) is 10.1 Å². The third-order valence-electron chi connectivity index (χ3n) is 6.20. The maximum absolute atomic E-state index is 14.1. The number of carbonyl (C=O) groups excluding carboxylic acids is 2. The van der Waals surface area contributed by atoms with Gasteiger partial charge in [-0.1, -0.05) is 37.3 Å². The summed E-state index contributed by atoms with van der Waals surface area (Å²) in [5.41, 5.74) is 0.306. The van der Waals surface area contributed by atoms with E-state index in [2.05, 4.69) is 5.32 Å². The van der Waals surface area contributed by atoms with E-state index in [0.717, 1.165) is 4.31 Å². The molecule has 220 valence electrons.